The zero-order valence-corrected chi connectivity index (χ0v) is 13.0. The summed E-state index contributed by atoms with van der Waals surface area (Å²) in [7, 11) is 0. The third-order valence-electron chi connectivity index (χ3n) is 2.56. The summed E-state index contributed by atoms with van der Waals surface area (Å²) in [6, 6.07) is 8.53. The summed E-state index contributed by atoms with van der Waals surface area (Å²) >= 11 is 7.11. The Kier molecular flexibility index (Phi) is 5.24. The molecule has 2 aromatic rings. The number of halogens is 2. The van der Waals surface area contributed by atoms with Crippen LogP contribution in [0.1, 0.15) is 11.8 Å². The normalized spacial score (nSPS) is 11.1. The van der Waals surface area contributed by atoms with E-state index in [1.165, 1.54) is 35.6 Å². The molecule has 5 nitrogen and oxygen atoms in total. The Labute approximate surface area is 134 Å². The molecule has 0 atom stereocenters. The van der Waals surface area contributed by atoms with Crippen LogP contribution in [-0.2, 0) is 9.59 Å². The Balaban J connectivity index is 1.94. The van der Waals surface area contributed by atoms with Gasteiger partial charge in [0.05, 0.1) is 14.9 Å². The molecule has 0 spiro atoms. The number of hydrogen-bond donors (Lipinski definition) is 2. The standard InChI is InChI=1S/C14H11ClFN3O2S/c1-8(11-6-7-12(15)22-11)18-19-14(21)13(20)17-10-4-2-9(16)3-5-10/h2-7H,1H3,(H,17,20)(H,19,21). The van der Waals surface area contributed by atoms with E-state index in [1.807, 2.05) is 0 Å². The van der Waals surface area contributed by atoms with Crippen molar-refractivity contribution in [1.82, 2.24) is 5.43 Å². The summed E-state index contributed by atoms with van der Waals surface area (Å²) in [6.45, 7) is 1.68. The average molecular weight is 340 g/mol. The van der Waals surface area contributed by atoms with Gasteiger partial charge in [-0.05, 0) is 43.3 Å². The van der Waals surface area contributed by atoms with Crippen molar-refractivity contribution in [3.8, 4) is 0 Å². The number of carbonyl (C=O) groups is 2. The van der Waals surface area contributed by atoms with Crippen LogP contribution in [-0.4, -0.2) is 17.5 Å². The first kappa shape index (κ1) is 16.1. The van der Waals surface area contributed by atoms with Gasteiger partial charge in [0.15, 0.2) is 0 Å². The zero-order valence-electron chi connectivity index (χ0n) is 11.4. The van der Waals surface area contributed by atoms with Gasteiger partial charge < -0.3 is 5.32 Å². The van der Waals surface area contributed by atoms with Gasteiger partial charge in [-0.15, -0.1) is 11.3 Å². The van der Waals surface area contributed by atoms with Gasteiger partial charge in [-0.3, -0.25) is 9.59 Å². The second kappa shape index (κ2) is 7.15. The number of carbonyl (C=O) groups excluding carboxylic acids is 2. The van der Waals surface area contributed by atoms with Gasteiger partial charge in [-0.2, -0.15) is 5.10 Å². The summed E-state index contributed by atoms with van der Waals surface area (Å²) in [4.78, 5) is 24.1. The van der Waals surface area contributed by atoms with Crippen molar-refractivity contribution in [2.75, 3.05) is 5.32 Å². The Bertz CT molecular complexity index is 728. The molecule has 1 aromatic carbocycles. The number of hydrogen-bond acceptors (Lipinski definition) is 4. The molecule has 0 unspecified atom stereocenters. The fraction of sp³-hybridized carbons (Fsp3) is 0.0714. The molecule has 2 N–H and O–H groups in total. The first-order valence-corrected chi connectivity index (χ1v) is 7.32. The third-order valence-corrected chi connectivity index (χ3v) is 3.90. The topological polar surface area (TPSA) is 70.6 Å². The van der Waals surface area contributed by atoms with Crippen LogP contribution >= 0.6 is 22.9 Å². The highest BCUT2D eigenvalue weighted by atomic mass is 35.5. The molecule has 0 aliphatic carbocycles. The molecule has 0 fully saturated rings. The smallest absolute Gasteiger partial charge is 0.318 e. The fourth-order valence-corrected chi connectivity index (χ4v) is 2.46. The number of benzene rings is 1. The lowest BCUT2D eigenvalue weighted by Gasteiger charge is -2.04. The molecule has 2 amide bonds. The maximum atomic E-state index is 12.7. The average Bonchev–Trinajstić information content (AvgIpc) is 2.93. The summed E-state index contributed by atoms with van der Waals surface area (Å²) in [6.07, 6.45) is 0. The summed E-state index contributed by atoms with van der Waals surface area (Å²) in [5.41, 5.74) is 2.99. The van der Waals surface area contributed by atoms with Crippen molar-refractivity contribution in [2.45, 2.75) is 6.92 Å². The van der Waals surface area contributed by atoms with Crippen LogP contribution in [0.4, 0.5) is 10.1 Å². The van der Waals surface area contributed by atoms with Crippen LogP contribution in [0.15, 0.2) is 41.5 Å². The Morgan fingerprint density at radius 3 is 2.41 bits per heavy atom. The van der Waals surface area contributed by atoms with Crippen molar-refractivity contribution < 1.29 is 14.0 Å². The highest BCUT2D eigenvalue weighted by molar-refractivity contribution is 7.18. The Hall–Kier alpha value is -2.25. The van der Waals surface area contributed by atoms with Crippen LogP contribution in [0.2, 0.25) is 4.34 Å². The van der Waals surface area contributed by atoms with E-state index in [0.717, 1.165) is 4.88 Å². The van der Waals surface area contributed by atoms with Crippen LogP contribution in [0.3, 0.4) is 0 Å². The van der Waals surface area contributed by atoms with Crippen molar-refractivity contribution in [3.05, 3.63) is 51.4 Å². The minimum Gasteiger partial charge on any atom is -0.318 e. The lowest BCUT2D eigenvalue weighted by molar-refractivity contribution is -0.136. The van der Waals surface area contributed by atoms with Crippen molar-refractivity contribution >= 4 is 46.2 Å². The molecular formula is C14H11ClFN3O2S. The van der Waals surface area contributed by atoms with Gasteiger partial charge in [0.1, 0.15) is 5.82 Å². The molecule has 114 valence electrons. The summed E-state index contributed by atoms with van der Waals surface area (Å²) in [5, 5.41) is 6.16. The van der Waals surface area contributed by atoms with Crippen molar-refractivity contribution in [1.29, 1.82) is 0 Å². The number of amides is 2. The third kappa shape index (κ3) is 4.37. The molecule has 0 radical (unpaired) electrons. The quantitative estimate of drug-likeness (QED) is 0.512. The zero-order chi connectivity index (χ0) is 16.1. The first-order chi connectivity index (χ1) is 10.5. The van der Waals surface area contributed by atoms with E-state index in [1.54, 1.807) is 19.1 Å². The highest BCUT2D eigenvalue weighted by Crippen LogP contribution is 2.21. The van der Waals surface area contributed by atoms with Crippen LogP contribution < -0.4 is 10.7 Å². The van der Waals surface area contributed by atoms with Gasteiger partial charge in [0.2, 0.25) is 0 Å². The number of hydrazone groups is 1. The maximum Gasteiger partial charge on any atom is 0.329 e. The maximum absolute atomic E-state index is 12.7. The van der Waals surface area contributed by atoms with E-state index in [0.29, 0.717) is 15.7 Å². The number of thiophene rings is 1. The second-order valence-electron chi connectivity index (χ2n) is 4.20. The molecule has 0 aliphatic heterocycles. The van der Waals surface area contributed by atoms with Gasteiger partial charge in [0.25, 0.3) is 0 Å². The minimum absolute atomic E-state index is 0.312. The fourth-order valence-electron chi connectivity index (χ4n) is 1.47. The lowest BCUT2D eigenvalue weighted by atomic mass is 10.3. The van der Waals surface area contributed by atoms with Gasteiger partial charge in [0, 0.05) is 5.69 Å². The van der Waals surface area contributed by atoms with E-state index in [-0.39, 0.29) is 0 Å². The summed E-state index contributed by atoms with van der Waals surface area (Å²) in [5.74, 6) is -2.25. The molecule has 2 rings (SSSR count). The molecule has 22 heavy (non-hydrogen) atoms. The Morgan fingerprint density at radius 1 is 1.14 bits per heavy atom. The highest BCUT2D eigenvalue weighted by Gasteiger charge is 2.13. The predicted octanol–water partition coefficient (Wildman–Crippen LogP) is 3.02. The lowest BCUT2D eigenvalue weighted by Crippen LogP contribution is -2.32. The van der Waals surface area contributed by atoms with Crippen LogP contribution in [0.25, 0.3) is 0 Å². The SMILES string of the molecule is CC(=NNC(=O)C(=O)Nc1ccc(F)cc1)c1ccc(Cl)s1. The largest absolute Gasteiger partial charge is 0.329 e. The second-order valence-corrected chi connectivity index (χ2v) is 5.92. The van der Waals surface area contributed by atoms with Gasteiger partial charge >= 0.3 is 11.8 Å². The van der Waals surface area contributed by atoms with Crippen molar-refractivity contribution in [2.24, 2.45) is 5.10 Å². The predicted molar refractivity (Wildman–Crippen MR) is 84.7 cm³/mol. The Morgan fingerprint density at radius 2 is 1.82 bits per heavy atom. The monoisotopic (exact) mass is 339 g/mol. The molecule has 0 saturated heterocycles. The summed E-state index contributed by atoms with van der Waals surface area (Å²) < 4.78 is 13.3. The van der Waals surface area contributed by atoms with E-state index in [2.05, 4.69) is 15.8 Å². The molecule has 1 heterocycles. The van der Waals surface area contributed by atoms with E-state index >= 15 is 0 Å². The first-order valence-electron chi connectivity index (χ1n) is 6.12. The van der Waals surface area contributed by atoms with Crippen molar-refractivity contribution in [3.63, 3.8) is 0 Å². The minimum atomic E-state index is -0.925. The number of anilines is 1. The molecule has 8 heteroatoms. The van der Waals surface area contributed by atoms with E-state index in [9.17, 15) is 14.0 Å². The number of nitrogens with one attached hydrogen (secondary N) is 2. The van der Waals surface area contributed by atoms with Crippen LogP contribution in [0, 0.1) is 5.82 Å². The van der Waals surface area contributed by atoms with E-state index < -0.39 is 17.6 Å². The van der Waals surface area contributed by atoms with Gasteiger partial charge in [-0.1, -0.05) is 11.6 Å². The molecule has 1 aromatic heterocycles. The van der Waals surface area contributed by atoms with Gasteiger partial charge in [-0.25, -0.2) is 9.82 Å². The molecule has 0 bridgehead atoms. The van der Waals surface area contributed by atoms with E-state index in [4.69, 9.17) is 11.6 Å². The van der Waals surface area contributed by atoms with Crippen LogP contribution in [0.5, 0.6) is 0 Å². The molecule has 0 aliphatic rings. The molecular weight excluding hydrogens is 329 g/mol. The number of rotatable bonds is 3. The molecule has 0 saturated carbocycles. The number of nitrogens with zero attached hydrogens (tertiary/aromatic N) is 1.